The lowest BCUT2D eigenvalue weighted by Gasteiger charge is -2.03. The Morgan fingerprint density at radius 2 is 2.43 bits per heavy atom. The highest BCUT2D eigenvalue weighted by atomic mass is 16.3. The van der Waals surface area contributed by atoms with Gasteiger partial charge in [-0.25, -0.2) is 4.98 Å². The molecule has 0 saturated heterocycles. The van der Waals surface area contributed by atoms with E-state index < -0.39 is 0 Å². The number of aliphatic hydroxyl groups is 1. The van der Waals surface area contributed by atoms with Crippen LogP contribution in [0, 0.1) is 6.92 Å². The second kappa shape index (κ2) is 3.26. The lowest BCUT2D eigenvalue weighted by Crippen LogP contribution is -2.21. The number of hydrogen-bond acceptors (Lipinski definition) is 3. The Morgan fingerprint density at radius 1 is 1.64 bits per heavy atom. The molecule has 0 radical (unpaired) electrons. The summed E-state index contributed by atoms with van der Waals surface area (Å²) in [5.74, 6) is 0.536. The maximum Gasteiger partial charge on any atom is 0.262 e. The Hall–Kier alpha value is -1.62. The quantitative estimate of drug-likeness (QED) is 0.697. The van der Waals surface area contributed by atoms with Crippen LogP contribution in [0.2, 0.25) is 0 Å². The molecule has 0 aliphatic rings. The summed E-state index contributed by atoms with van der Waals surface area (Å²) >= 11 is 0. The molecule has 0 aromatic carbocycles. The highest BCUT2D eigenvalue weighted by Crippen LogP contribution is 2.02. The SMILES string of the molecule is Cc1[nH]c2nccn2c(=O)c1CCO. The zero-order valence-electron chi connectivity index (χ0n) is 7.82. The van der Waals surface area contributed by atoms with Gasteiger partial charge in [-0.3, -0.25) is 9.20 Å². The molecule has 2 heterocycles. The van der Waals surface area contributed by atoms with Crippen molar-refractivity contribution in [3.63, 3.8) is 0 Å². The fourth-order valence-corrected chi connectivity index (χ4v) is 1.51. The van der Waals surface area contributed by atoms with Crippen molar-refractivity contribution in [3.05, 3.63) is 34.0 Å². The van der Waals surface area contributed by atoms with Crippen molar-refractivity contribution in [2.45, 2.75) is 13.3 Å². The smallest absolute Gasteiger partial charge is 0.262 e. The van der Waals surface area contributed by atoms with Crippen molar-refractivity contribution in [2.24, 2.45) is 0 Å². The molecule has 74 valence electrons. The van der Waals surface area contributed by atoms with Gasteiger partial charge in [0, 0.05) is 36.7 Å². The van der Waals surface area contributed by atoms with Gasteiger partial charge < -0.3 is 10.1 Å². The van der Waals surface area contributed by atoms with Gasteiger partial charge in [-0.15, -0.1) is 0 Å². The Morgan fingerprint density at radius 3 is 3.14 bits per heavy atom. The van der Waals surface area contributed by atoms with E-state index in [1.807, 2.05) is 0 Å². The number of nitrogens with zero attached hydrogens (tertiary/aromatic N) is 2. The predicted molar refractivity (Wildman–Crippen MR) is 51.3 cm³/mol. The standard InChI is InChI=1S/C9H11N3O2/c1-6-7(2-5-13)8(14)12-4-3-10-9(12)11-6/h3-4,13H,2,5H2,1H3,(H,10,11). The fraction of sp³-hybridized carbons (Fsp3) is 0.333. The molecule has 2 rings (SSSR count). The van der Waals surface area contributed by atoms with Gasteiger partial charge in [0.25, 0.3) is 5.56 Å². The largest absolute Gasteiger partial charge is 0.396 e. The maximum absolute atomic E-state index is 11.8. The van der Waals surface area contributed by atoms with Crippen molar-refractivity contribution in [3.8, 4) is 0 Å². The van der Waals surface area contributed by atoms with Gasteiger partial charge in [0.15, 0.2) is 0 Å². The van der Waals surface area contributed by atoms with Gasteiger partial charge >= 0.3 is 0 Å². The molecule has 0 spiro atoms. The average Bonchev–Trinajstić information content (AvgIpc) is 2.60. The van der Waals surface area contributed by atoms with Crippen LogP contribution in [0.25, 0.3) is 5.78 Å². The normalized spacial score (nSPS) is 11.0. The summed E-state index contributed by atoms with van der Waals surface area (Å²) in [5.41, 5.74) is 1.27. The molecular weight excluding hydrogens is 182 g/mol. The molecule has 0 bridgehead atoms. The monoisotopic (exact) mass is 193 g/mol. The van der Waals surface area contributed by atoms with Crippen LogP contribution in [0.15, 0.2) is 17.2 Å². The third kappa shape index (κ3) is 1.22. The summed E-state index contributed by atoms with van der Waals surface area (Å²) in [7, 11) is 0. The van der Waals surface area contributed by atoms with Crippen molar-refractivity contribution in [2.75, 3.05) is 6.61 Å². The predicted octanol–water partition coefficient (Wildman–Crippen LogP) is -0.134. The second-order valence-corrected chi connectivity index (χ2v) is 3.13. The number of aromatic amines is 1. The third-order valence-electron chi connectivity index (χ3n) is 2.23. The summed E-state index contributed by atoms with van der Waals surface area (Å²) in [6, 6.07) is 0. The number of aliphatic hydroxyl groups excluding tert-OH is 1. The molecule has 2 aromatic rings. The molecule has 0 unspecified atom stereocenters. The van der Waals surface area contributed by atoms with Gasteiger partial charge in [0.2, 0.25) is 5.78 Å². The van der Waals surface area contributed by atoms with E-state index in [0.717, 1.165) is 5.69 Å². The summed E-state index contributed by atoms with van der Waals surface area (Å²) in [5, 5.41) is 8.81. The van der Waals surface area contributed by atoms with E-state index in [1.54, 1.807) is 19.3 Å². The lowest BCUT2D eigenvalue weighted by atomic mass is 10.2. The number of nitrogens with one attached hydrogen (secondary N) is 1. The number of aryl methyl sites for hydroxylation is 1. The Labute approximate surface area is 80.0 Å². The van der Waals surface area contributed by atoms with Gasteiger partial charge in [-0.1, -0.05) is 0 Å². The first-order chi connectivity index (χ1) is 6.74. The summed E-state index contributed by atoms with van der Waals surface area (Å²) < 4.78 is 1.44. The average molecular weight is 193 g/mol. The highest BCUT2D eigenvalue weighted by molar-refractivity contribution is 5.32. The Balaban J connectivity index is 2.76. The first kappa shape index (κ1) is 8.96. The van der Waals surface area contributed by atoms with Crippen LogP contribution in [-0.4, -0.2) is 26.1 Å². The number of aromatic nitrogens is 3. The van der Waals surface area contributed by atoms with Gasteiger partial charge in [-0.05, 0) is 6.92 Å². The molecule has 2 aromatic heterocycles. The number of imidazole rings is 1. The van der Waals surface area contributed by atoms with Crippen LogP contribution in [0.5, 0.6) is 0 Å². The minimum absolute atomic E-state index is 0.0237. The van der Waals surface area contributed by atoms with Gasteiger partial charge in [-0.2, -0.15) is 0 Å². The third-order valence-corrected chi connectivity index (χ3v) is 2.23. The summed E-state index contributed by atoms with van der Waals surface area (Å²) in [6.45, 7) is 1.78. The van der Waals surface area contributed by atoms with E-state index in [9.17, 15) is 4.79 Å². The first-order valence-corrected chi connectivity index (χ1v) is 4.39. The highest BCUT2D eigenvalue weighted by Gasteiger charge is 2.08. The Bertz CT molecular complexity index is 512. The zero-order valence-corrected chi connectivity index (χ0v) is 7.82. The van der Waals surface area contributed by atoms with Gasteiger partial charge in [0.05, 0.1) is 0 Å². The van der Waals surface area contributed by atoms with E-state index in [2.05, 4.69) is 9.97 Å². The van der Waals surface area contributed by atoms with Crippen LogP contribution in [0.3, 0.4) is 0 Å². The second-order valence-electron chi connectivity index (χ2n) is 3.13. The maximum atomic E-state index is 11.8. The minimum atomic E-state index is -0.109. The van der Waals surface area contributed by atoms with E-state index >= 15 is 0 Å². The number of fused-ring (bicyclic) bond motifs is 1. The summed E-state index contributed by atoms with van der Waals surface area (Å²) in [6.07, 6.45) is 3.54. The van der Waals surface area contributed by atoms with Crippen LogP contribution in [0.4, 0.5) is 0 Å². The molecule has 5 heteroatoms. The van der Waals surface area contributed by atoms with E-state index in [1.165, 1.54) is 4.40 Å². The van der Waals surface area contributed by atoms with Crippen molar-refractivity contribution < 1.29 is 5.11 Å². The molecule has 14 heavy (non-hydrogen) atoms. The van der Waals surface area contributed by atoms with E-state index in [0.29, 0.717) is 17.8 Å². The van der Waals surface area contributed by atoms with E-state index in [4.69, 9.17) is 5.11 Å². The molecule has 5 nitrogen and oxygen atoms in total. The van der Waals surface area contributed by atoms with Crippen molar-refractivity contribution in [1.82, 2.24) is 14.4 Å². The van der Waals surface area contributed by atoms with Crippen molar-refractivity contribution >= 4 is 5.78 Å². The van der Waals surface area contributed by atoms with Crippen LogP contribution >= 0.6 is 0 Å². The molecular formula is C9H11N3O2. The first-order valence-electron chi connectivity index (χ1n) is 4.39. The molecule has 0 aliphatic heterocycles. The molecule has 0 saturated carbocycles. The molecule has 0 fully saturated rings. The molecule has 0 amide bonds. The fourth-order valence-electron chi connectivity index (χ4n) is 1.51. The number of rotatable bonds is 2. The van der Waals surface area contributed by atoms with E-state index in [-0.39, 0.29) is 12.2 Å². The minimum Gasteiger partial charge on any atom is -0.396 e. The van der Waals surface area contributed by atoms with Crippen LogP contribution in [-0.2, 0) is 6.42 Å². The topological polar surface area (TPSA) is 70.4 Å². The van der Waals surface area contributed by atoms with Crippen LogP contribution < -0.4 is 5.56 Å². The molecule has 0 atom stereocenters. The summed E-state index contributed by atoms with van der Waals surface area (Å²) in [4.78, 5) is 18.8. The Kier molecular flexibility index (Phi) is 2.09. The van der Waals surface area contributed by atoms with Crippen molar-refractivity contribution in [1.29, 1.82) is 0 Å². The zero-order chi connectivity index (χ0) is 10.1. The lowest BCUT2D eigenvalue weighted by molar-refractivity contribution is 0.298. The molecule has 2 N–H and O–H groups in total. The number of hydrogen-bond donors (Lipinski definition) is 2. The van der Waals surface area contributed by atoms with Gasteiger partial charge in [0.1, 0.15) is 0 Å². The van der Waals surface area contributed by atoms with Crippen LogP contribution in [0.1, 0.15) is 11.3 Å². The number of H-pyrrole nitrogens is 1. The molecule has 0 aliphatic carbocycles.